The summed E-state index contributed by atoms with van der Waals surface area (Å²) in [5.41, 5.74) is 5.33. The van der Waals surface area contributed by atoms with E-state index in [1.807, 2.05) is 0 Å². The zero-order valence-corrected chi connectivity index (χ0v) is 22.1. The van der Waals surface area contributed by atoms with E-state index in [0.29, 0.717) is 13.2 Å². The highest BCUT2D eigenvalue weighted by Gasteiger charge is 2.17. The Balaban J connectivity index is 1.71. The van der Waals surface area contributed by atoms with Gasteiger partial charge in [0.2, 0.25) is 0 Å². The van der Waals surface area contributed by atoms with Crippen LogP contribution in [0, 0.1) is 0 Å². The topological polar surface area (TPSA) is 54.5 Å². The number of hydrogen-bond acceptors (Lipinski definition) is 5. The van der Waals surface area contributed by atoms with Crippen molar-refractivity contribution in [1.29, 1.82) is 0 Å². The first-order chi connectivity index (χ1) is 16.1. The van der Waals surface area contributed by atoms with Gasteiger partial charge in [-0.3, -0.25) is 0 Å². The van der Waals surface area contributed by atoms with Crippen molar-refractivity contribution in [2.45, 2.75) is 71.9 Å². The largest absolute Gasteiger partial charge is 0.493 e. The SMILES string of the molecule is CC(C)(C)c1ccc2c(c1)CNCCNCCNCc1cc(C(C)(C)C)ccc1OCCCO2. The maximum Gasteiger partial charge on any atom is 0.123 e. The Labute approximate surface area is 207 Å². The summed E-state index contributed by atoms with van der Waals surface area (Å²) in [6, 6.07) is 13.2. The highest BCUT2D eigenvalue weighted by Crippen LogP contribution is 2.29. The summed E-state index contributed by atoms with van der Waals surface area (Å²) in [6.45, 7) is 20.1. The molecule has 0 bridgehead atoms. The summed E-state index contributed by atoms with van der Waals surface area (Å²) >= 11 is 0. The van der Waals surface area contributed by atoms with Crippen LogP contribution in [-0.2, 0) is 23.9 Å². The van der Waals surface area contributed by atoms with E-state index in [1.54, 1.807) is 0 Å². The number of fused-ring (bicyclic) bond motifs is 2. The van der Waals surface area contributed by atoms with Crippen molar-refractivity contribution in [3.8, 4) is 11.5 Å². The fourth-order valence-electron chi connectivity index (χ4n) is 4.00. The summed E-state index contributed by atoms with van der Waals surface area (Å²) < 4.78 is 12.4. The average molecular weight is 468 g/mol. The van der Waals surface area contributed by atoms with Crippen molar-refractivity contribution in [3.05, 3.63) is 58.7 Å². The Morgan fingerprint density at radius 1 is 0.588 bits per heavy atom. The van der Waals surface area contributed by atoms with E-state index in [0.717, 1.165) is 57.2 Å². The van der Waals surface area contributed by atoms with Crippen molar-refractivity contribution >= 4 is 0 Å². The van der Waals surface area contributed by atoms with Crippen LogP contribution in [0.4, 0.5) is 0 Å². The molecule has 0 saturated heterocycles. The summed E-state index contributed by atoms with van der Waals surface area (Å²) in [5.74, 6) is 1.93. The van der Waals surface area contributed by atoms with Crippen LogP contribution in [0.3, 0.4) is 0 Å². The van der Waals surface area contributed by atoms with Gasteiger partial charge in [0, 0.05) is 56.8 Å². The van der Waals surface area contributed by atoms with Crippen LogP contribution in [0.5, 0.6) is 11.5 Å². The minimum Gasteiger partial charge on any atom is -0.493 e. The number of benzene rings is 2. The fourth-order valence-corrected chi connectivity index (χ4v) is 4.00. The van der Waals surface area contributed by atoms with E-state index in [2.05, 4.69) is 93.9 Å². The van der Waals surface area contributed by atoms with Gasteiger partial charge in [0.05, 0.1) is 13.2 Å². The molecule has 1 aliphatic rings. The smallest absolute Gasteiger partial charge is 0.123 e. The highest BCUT2D eigenvalue weighted by molar-refractivity contribution is 5.40. The molecule has 5 nitrogen and oxygen atoms in total. The molecule has 0 saturated carbocycles. The second-order valence-electron chi connectivity index (χ2n) is 11.3. The van der Waals surface area contributed by atoms with Crippen LogP contribution in [0.2, 0.25) is 0 Å². The van der Waals surface area contributed by atoms with E-state index in [4.69, 9.17) is 9.47 Å². The molecule has 0 aromatic heterocycles. The molecule has 2 aromatic carbocycles. The van der Waals surface area contributed by atoms with Crippen LogP contribution in [-0.4, -0.2) is 39.4 Å². The van der Waals surface area contributed by atoms with Crippen LogP contribution in [0.15, 0.2) is 36.4 Å². The van der Waals surface area contributed by atoms with E-state index in [-0.39, 0.29) is 10.8 Å². The minimum atomic E-state index is 0.115. The maximum absolute atomic E-state index is 6.20. The quantitative estimate of drug-likeness (QED) is 0.514. The third kappa shape index (κ3) is 8.00. The monoisotopic (exact) mass is 467 g/mol. The van der Waals surface area contributed by atoms with Crippen LogP contribution in [0.1, 0.15) is 70.2 Å². The van der Waals surface area contributed by atoms with Gasteiger partial charge in [-0.2, -0.15) is 0 Å². The Bertz CT molecular complexity index is 839. The van der Waals surface area contributed by atoms with Crippen LogP contribution in [0.25, 0.3) is 0 Å². The lowest BCUT2D eigenvalue weighted by atomic mass is 9.86. The third-order valence-electron chi connectivity index (χ3n) is 6.24. The van der Waals surface area contributed by atoms with Gasteiger partial charge in [-0.1, -0.05) is 65.8 Å². The van der Waals surface area contributed by atoms with E-state index in [1.165, 1.54) is 22.3 Å². The lowest BCUT2D eigenvalue weighted by Gasteiger charge is -2.22. The van der Waals surface area contributed by atoms with Crippen LogP contribution < -0.4 is 25.4 Å². The van der Waals surface area contributed by atoms with Gasteiger partial charge in [0.15, 0.2) is 0 Å². The molecule has 0 spiro atoms. The third-order valence-corrected chi connectivity index (χ3v) is 6.24. The second kappa shape index (κ2) is 12.1. The van der Waals surface area contributed by atoms with Crippen molar-refractivity contribution < 1.29 is 9.47 Å². The van der Waals surface area contributed by atoms with Gasteiger partial charge in [0.1, 0.15) is 11.5 Å². The summed E-state index contributed by atoms with van der Waals surface area (Å²) in [4.78, 5) is 0. The van der Waals surface area contributed by atoms with E-state index < -0.39 is 0 Å². The number of ether oxygens (including phenoxy) is 2. The normalized spacial score (nSPS) is 17.4. The molecule has 0 fully saturated rings. The van der Waals surface area contributed by atoms with Gasteiger partial charge >= 0.3 is 0 Å². The fraction of sp³-hybridized carbons (Fsp3) is 0.586. The highest BCUT2D eigenvalue weighted by atomic mass is 16.5. The van der Waals surface area contributed by atoms with Crippen molar-refractivity contribution in [2.24, 2.45) is 0 Å². The lowest BCUT2D eigenvalue weighted by Crippen LogP contribution is -2.32. The standard InChI is InChI=1S/C29H45N3O2/c1-28(2,3)24-8-10-26-22(18-24)20-31-14-12-30-13-15-32-21-23-19-25(29(4,5)6)9-11-27(23)34-17-7-16-33-26/h8-11,18-19,30-32H,7,12-17,20-21H2,1-6H3. The first-order valence-electron chi connectivity index (χ1n) is 12.8. The Kier molecular flexibility index (Phi) is 9.40. The first kappa shape index (κ1) is 26.5. The lowest BCUT2D eigenvalue weighted by molar-refractivity contribution is 0.244. The maximum atomic E-state index is 6.20. The number of nitrogens with one attached hydrogen (secondary N) is 3. The molecule has 0 aliphatic carbocycles. The zero-order chi connectivity index (χ0) is 24.6. The second-order valence-corrected chi connectivity index (χ2v) is 11.3. The molecule has 3 rings (SSSR count). The predicted octanol–water partition coefficient (Wildman–Crippen LogP) is 4.91. The Hall–Kier alpha value is -2.08. The molecule has 3 N–H and O–H groups in total. The average Bonchev–Trinajstić information content (AvgIpc) is 2.77. The van der Waals surface area contributed by atoms with Gasteiger partial charge in [-0.15, -0.1) is 0 Å². The van der Waals surface area contributed by atoms with E-state index in [9.17, 15) is 0 Å². The molecular weight excluding hydrogens is 422 g/mol. The van der Waals surface area contributed by atoms with Crippen molar-refractivity contribution in [1.82, 2.24) is 16.0 Å². The van der Waals surface area contributed by atoms with Gasteiger partial charge < -0.3 is 25.4 Å². The number of hydrogen-bond donors (Lipinski definition) is 3. The molecule has 0 atom stereocenters. The molecule has 188 valence electrons. The summed E-state index contributed by atoms with van der Waals surface area (Å²) in [7, 11) is 0. The summed E-state index contributed by atoms with van der Waals surface area (Å²) in [6.07, 6.45) is 0.839. The molecule has 1 aliphatic heterocycles. The zero-order valence-electron chi connectivity index (χ0n) is 22.1. The summed E-state index contributed by atoms with van der Waals surface area (Å²) in [5, 5.41) is 10.7. The van der Waals surface area contributed by atoms with Gasteiger partial charge in [-0.25, -0.2) is 0 Å². The molecular formula is C29H45N3O2. The van der Waals surface area contributed by atoms with E-state index >= 15 is 0 Å². The number of rotatable bonds is 0. The molecule has 34 heavy (non-hydrogen) atoms. The van der Waals surface area contributed by atoms with Gasteiger partial charge in [0.25, 0.3) is 0 Å². The predicted molar refractivity (Wildman–Crippen MR) is 142 cm³/mol. The molecule has 2 aromatic rings. The molecule has 0 radical (unpaired) electrons. The molecule has 0 amide bonds. The minimum absolute atomic E-state index is 0.115. The van der Waals surface area contributed by atoms with Gasteiger partial charge in [-0.05, 0) is 34.1 Å². The van der Waals surface area contributed by atoms with Crippen LogP contribution >= 0.6 is 0 Å². The Morgan fingerprint density at radius 3 is 1.41 bits per heavy atom. The molecule has 5 heteroatoms. The van der Waals surface area contributed by atoms with Crippen molar-refractivity contribution in [2.75, 3.05) is 39.4 Å². The molecule has 0 unspecified atom stereocenters. The van der Waals surface area contributed by atoms with Crippen molar-refractivity contribution in [3.63, 3.8) is 0 Å². The first-order valence-corrected chi connectivity index (χ1v) is 12.8. The molecule has 1 heterocycles. The Morgan fingerprint density at radius 2 is 1.00 bits per heavy atom.